The number of ketones is 1. The molecule has 0 aromatic heterocycles. The Kier molecular flexibility index (Phi) is 10.2. The summed E-state index contributed by atoms with van der Waals surface area (Å²) >= 11 is 3.62. The number of hydrogen-bond donors (Lipinski definition) is 0. The number of rotatable bonds is 11. The maximum Gasteiger partial charge on any atom is 0.308 e. The van der Waals surface area contributed by atoms with Gasteiger partial charge in [-0.25, -0.2) is 0 Å². The number of hydrogen-bond acceptors (Lipinski definition) is 5. The molecule has 1 atom stereocenters. The Morgan fingerprint density at radius 2 is 1.24 bits per heavy atom. The summed E-state index contributed by atoms with van der Waals surface area (Å²) in [6, 6.07) is 22.6. The monoisotopic (exact) mass is 564 g/mol. The van der Waals surface area contributed by atoms with Crippen molar-refractivity contribution >= 4 is 33.7 Å². The highest BCUT2D eigenvalue weighted by Gasteiger charge is 2.26. The molecule has 0 heterocycles. The molecule has 0 amide bonds. The summed E-state index contributed by atoms with van der Waals surface area (Å²) in [7, 11) is 0. The molecule has 1 unspecified atom stereocenters. The molecule has 0 saturated carbocycles. The van der Waals surface area contributed by atoms with Crippen LogP contribution >= 0.6 is 15.9 Å². The molecular formula is C31H33BrO5. The van der Waals surface area contributed by atoms with Crippen molar-refractivity contribution in [1.82, 2.24) is 0 Å². The Labute approximate surface area is 227 Å². The largest absolute Gasteiger partial charge is 0.461 e. The number of halogens is 1. The molecule has 0 aliphatic carbocycles. The van der Waals surface area contributed by atoms with E-state index in [2.05, 4.69) is 15.9 Å². The van der Waals surface area contributed by atoms with Crippen molar-refractivity contribution in [1.29, 1.82) is 0 Å². The van der Waals surface area contributed by atoms with Crippen LogP contribution in [0.2, 0.25) is 0 Å². The molecule has 0 spiro atoms. The number of carbonyl (C=O) groups is 3. The van der Waals surface area contributed by atoms with Crippen molar-refractivity contribution in [3.63, 3.8) is 0 Å². The maximum absolute atomic E-state index is 13.8. The minimum Gasteiger partial charge on any atom is -0.461 e. The van der Waals surface area contributed by atoms with Crippen molar-refractivity contribution in [3.05, 3.63) is 105 Å². The molecule has 0 aliphatic heterocycles. The zero-order valence-electron chi connectivity index (χ0n) is 21.7. The van der Waals surface area contributed by atoms with E-state index in [1.54, 1.807) is 27.7 Å². The molecular weight excluding hydrogens is 532 g/mol. The van der Waals surface area contributed by atoms with E-state index in [-0.39, 0.29) is 42.8 Å². The van der Waals surface area contributed by atoms with Gasteiger partial charge in [-0.05, 0) is 29.2 Å². The molecule has 5 nitrogen and oxygen atoms in total. The van der Waals surface area contributed by atoms with Crippen molar-refractivity contribution in [2.75, 3.05) is 0 Å². The van der Waals surface area contributed by atoms with Crippen LogP contribution in [0.5, 0.6) is 0 Å². The molecule has 37 heavy (non-hydrogen) atoms. The number of esters is 2. The minimum absolute atomic E-state index is 0.0120. The lowest BCUT2D eigenvalue weighted by atomic mass is 9.83. The van der Waals surface area contributed by atoms with Crippen LogP contribution in [0.25, 0.3) is 0 Å². The van der Waals surface area contributed by atoms with E-state index in [9.17, 15) is 14.4 Å². The third-order valence-electron chi connectivity index (χ3n) is 6.13. The summed E-state index contributed by atoms with van der Waals surface area (Å²) in [5.74, 6) is -1.65. The Hall–Kier alpha value is -3.25. The lowest BCUT2D eigenvalue weighted by Crippen LogP contribution is -2.20. The highest BCUT2D eigenvalue weighted by atomic mass is 79.9. The van der Waals surface area contributed by atoms with E-state index >= 15 is 0 Å². The molecule has 0 N–H and O–H groups in total. The lowest BCUT2D eigenvalue weighted by molar-refractivity contribution is -0.149. The van der Waals surface area contributed by atoms with Gasteiger partial charge in [0.25, 0.3) is 0 Å². The van der Waals surface area contributed by atoms with E-state index in [1.807, 2.05) is 72.8 Å². The molecule has 194 valence electrons. The molecule has 0 saturated heterocycles. The third kappa shape index (κ3) is 7.62. The van der Waals surface area contributed by atoms with Crippen molar-refractivity contribution < 1.29 is 23.9 Å². The van der Waals surface area contributed by atoms with Gasteiger partial charge in [0, 0.05) is 15.6 Å². The fourth-order valence-electron chi connectivity index (χ4n) is 3.94. The predicted octanol–water partition coefficient (Wildman–Crippen LogP) is 7.06. The summed E-state index contributed by atoms with van der Waals surface area (Å²) in [4.78, 5) is 38.3. The molecule has 0 radical (unpaired) electrons. The van der Waals surface area contributed by atoms with Crippen LogP contribution in [-0.2, 0) is 38.7 Å². The SMILES string of the molecule is CC(C)C(=O)OCc1ccc(Br)c(COC(=O)C(C)C)c1CC(C(=O)c1ccccc1)c1ccccc1. The van der Waals surface area contributed by atoms with E-state index < -0.39 is 5.92 Å². The number of carbonyl (C=O) groups excluding carboxylic acids is 3. The van der Waals surface area contributed by atoms with E-state index in [0.29, 0.717) is 12.0 Å². The first-order valence-electron chi connectivity index (χ1n) is 12.5. The number of benzene rings is 3. The standard InChI is InChI=1S/C31H33BrO5/c1-20(2)30(34)36-18-24-15-16-28(32)27(19-37-31(35)21(3)4)25(24)17-26(22-11-7-5-8-12-22)29(33)23-13-9-6-10-14-23/h5-16,20-21,26H,17-19H2,1-4H3. The zero-order valence-corrected chi connectivity index (χ0v) is 23.3. The maximum atomic E-state index is 13.8. The molecule has 6 heteroatoms. The second-order valence-electron chi connectivity index (χ2n) is 9.59. The summed E-state index contributed by atoms with van der Waals surface area (Å²) in [6.45, 7) is 7.23. The topological polar surface area (TPSA) is 69.7 Å². The van der Waals surface area contributed by atoms with Crippen molar-refractivity contribution in [2.24, 2.45) is 11.8 Å². The fourth-order valence-corrected chi connectivity index (χ4v) is 4.42. The van der Waals surface area contributed by atoms with Gasteiger partial charge in [0.2, 0.25) is 0 Å². The average Bonchev–Trinajstić information content (AvgIpc) is 2.90. The first-order chi connectivity index (χ1) is 17.7. The minimum atomic E-state index is -0.489. The molecule has 3 aromatic carbocycles. The third-order valence-corrected chi connectivity index (χ3v) is 6.87. The van der Waals surface area contributed by atoms with Gasteiger partial charge in [0.1, 0.15) is 13.2 Å². The summed E-state index contributed by atoms with van der Waals surface area (Å²) < 4.78 is 11.9. The normalized spacial score (nSPS) is 11.9. The van der Waals surface area contributed by atoms with E-state index in [1.165, 1.54) is 0 Å². The van der Waals surface area contributed by atoms with Gasteiger partial charge >= 0.3 is 11.9 Å². The Morgan fingerprint density at radius 3 is 1.81 bits per heavy atom. The number of ether oxygens (including phenoxy) is 2. The fraction of sp³-hybridized carbons (Fsp3) is 0.323. The predicted molar refractivity (Wildman–Crippen MR) is 147 cm³/mol. The van der Waals surface area contributed by atoms with Crippen LogP contribution in [0.4, 0.5) is 0 Å². The number of Topliss-reactive ketones (excluding diaryl/α,β-unsaturated/α-hetero) is 1. The van der Waals surface area contributed by atoms with Crippen LogP contribution in [0, 0.1) is 11.8 Å². The van der Waals surface area contributed by atoms with Gasteiger partial charge in [0.05, 0.1) is 17.8 Å². The Morgan fingerprint density at radius 1 is 0.703 bits per heavy atom. The molecule has 0 aliphatic rings. The summed E-state index contributed by atoms with van der Waals surface area (Å²) in [5.41, 5.74) is 3.85. The first-order valence-corrected chi connectivity index (χ1v) is 13.2. The van der Waals surface area contributed by atoms with Crippen LogP contribution in [0.3, 0.4) is 0 Å². The van der Waals surface area contributed by atoms with Crippen LogP contribution < -0.4 is 0 Å². The van der Waals surface area contributed by atoms with E-state index in [4.69, 9.17) is 9.47 Å². The second kappa shape index (κ2) is 13.3. The smallest absolute Gasteiger partial charge is 0.308 e. The van der Waals surface area contributed by atoms with Gasteiger partial charge in [-0.2, -0.15) is 0 Å². The second-order valence-corrected chi connectivity index (χ2v) is 10.4. The highest BCUT2D eigenvalue weighted by molar-refractivity contribution is 9.10. The van der Waals surface area contributed by atoms with Gasteiger partial charge < -0.3 is 9.47 Å². The molecule has 0 fully saturated rings. The summed E-state index contributed by atoms with van der Waals surface area (Å²) in [5, 5.41) is 0. The van der Waals surface area contributed by atoms with Crippen LogP contribution in [0.15, 0.2) is 77.3 Å². The molecule has 0 bridgehead atoms. The highest BCUT2D eigenvalue weighted by Crippen LogP contribution is 2.33. The Bertz CT molecular complexity index is 1220. The lowest BCUT2D eigenvalue weighted by Gasteiger charge is -2.23. The average molecular weight is 566 g/mol. The first kappa shape index (κ1) is 28.3. The van der Waals surface area contributed by atoms with Crippen LogP contribution in [-0.4, -0.2) is 17.7 Å². The quantitative estimate of drug-likeness (QED) is 0.184. The van der Waals surface area contributed by atoms with Crippen molar-refractivity contribution in [3.8, 4) is 0 Å². The Balaban J connectivity index is 2.08. The van der Waals surface area contributed by atoms with Gasteiger partial charge in [0.15, 0.2) is 5.78 Å². The van der Waals surface area contributed by atoms with Gasteiger partial charge in [-0.3, -0.25) is 14.4 Å². The van der Waals surface area contributed by atoms with Gasteiger partial charge in [-0.15, -0.1) is 0 Å². The summed E-state index contributed by atoms with van der Waals surface area (Å²) in [6.07, 6.45) is 0.348. The van der Waals surface area contributed by atoms with E-state index in [0.717, 1.165) is 26.7 Å². The van der Waals surface area contributed by atoms with Crippen LogP contribution in [0.1, 0.15) is 66.2 Å². The zero-order chi connectivity index (χ0) is 26.9. The van der Waals surface area contributed by atoms with Gasteiger partial charge in [-0.1, -0.05) is 110 Å². The van der Waals surface area contributed by atoms with Crippen molar-refractivity contribution in [2.45, 2.75) is 53.2 Å². The molecule has 3 aromatic rings. The molecule has 3 rings (SSSR count).